The normalized spacial score (nSPS) is 16.9. The molecular weight excluding hydrogens is 195 g/mol. The fourth-order valence-corrected chi connectivity index (χ4v) is 1.36. The van der Waals surface area contributed by atoms with Crippen molar-refractivity contribution >= 4 is 5.91 Å². The summed E-state index contributed by atoms with van der Waals surface area (Å²) in [7, 11) is 0. The van der Waals surface area contributed by atoms with Gasteiger partial charge in [0.1, 0.15) is 6.54 Å². The van der Waals surface area contributed by atoms with Crippen molar-refractivity contribution < 1.29 is 18.0 Å². The quantitative estimate of drug-likeness (QED) is 0.695. The summed E-state index contributed by atoms with van der Waals surface area (Å²) in [6.07, 6.45) is -2.03. The summed E-state index contributed by atoms with van der Waals surface area (Å²) in [6, 6.07) is -0.157. The SMILES string of the molecule is CCCC(=O)N(CC(F)(F)F)C1CC1. The second kappa shape index (κ2) is 4.19. The van der Waals surface area contributed by atoms with Gasteiger partial charge in [-0.2, -0.15) is 13.2 Å². The number of nitrogens with zero attached hydrogens (tertiary/aromatic N) is 1. The van der Waals surface area contributed by atoms with Crippen molar-refractivity contribution in [1.82, 2.24) is 4.90 Å². The highest BCUT2D eigenvalue weighted by Gasteiger charge is 2.40. The molecule has 0 unspecified atom stereocenters. The van der Waals surface area contributed by atoms with Crippen LogP contribution in [0.1, 0.15) is 32.6 Å². The Labute approximate surface area is 81.1 Å². The van der Waals surface area contributed by atoms with E-state index >= 15 is 0 Å². The molecule has 2 nitrogen and oxygen atoms in total. The van der Waals surface area contributed by atoms with Gasteiger partial charge >= 0.3 is 6.18 Å². The summed E-state index contributed by atoms with van der Waals surface area (Å²) in [5, 5.41) is 0. The number of amides is 1. The Kier molecular flexibility index (Phi) is 3.39. The fraction of sp³-hybridized carbons (Fsp3) is 0.889. The Morgan fingerprint density at radius 1 is 1.43 bits per heavy atom. The molecule has 1 fully saturated rings. The van der Waals surface area contributed by atoms with E-state index in [9.17, 15) is 18.0 Å². The van der Waals surface area contributed by atoms with Crippen molar-refractivity contribution in [2.75, 3.05) is 6.54 Å². The van der Waals surface area contributed by atoms with Crippen molar-refractivity contribution in [2.45, 2.75) is 44.8 Å². The topological polar surface area (TPSA) is 20.3 Å². The lowest BCUT2D eigenvalue weighted by molar-refractivity contribution is -0.162. The van der Waals surface area contributed by atoms with Gasteiger partial charge in [-0.1, -0.05) is 6.92 Å². The number of hydrogen-bond acceptors (Lipinski definition) is 1. The summed E-state index contributed by atoms with van der Waals surface area (Å²) < 4.78 is 36.3. The average molecular weight is 209 g/mol. The summed E-state index contributed by atoms with van der Waals surface area (Å²) in [4.78, 5) is 12.3. The first kappa shape index (κ1) is 11.3. The van der Waals surface area contributed by atoms with Crippen molar-refractivity contribution in [3.63, 3.8) is 0 Å². The molecule has 0 saturated heterocycles. The smallest absolute Gasteiger partial charge is 0.331 e. The molecule has 0 spiro atoms. The van der Waals surface area contributed by atoms with Crippen molar-refractivity contribution in [3.8, 4) is 0 Å². The van der Waals surface area contributed by atoms with Crippen LogP contribution in [0.5, 0.6) is 0 Å². The maximum atomic E-state index is 12.1. The minimum absolute atomic E-state index is 0.157. The van der Waals surface area contributed by atoms with Crippen LogP contribution < -0.4 is 0 Å². The van der Waals surface area contributed by atoms with E-state index in [1.807, 2.05) is 0 Å². The third-order valence-electron chi connectivity index (χ3n) is 2.12. The van der Waals surface area contributed by atoms with Crippen LogP contribution in [-0.2, 0) is 4.79 Å². The van der Waals surface area contributed by atoms with Crippen LogP contribution in [0.25, 0.3) is 0 Å². The molecule has 0 N–H and O–H groups in total. The Morgan fingerprint density at radius 3 is 2.36 bits per heavy atom. The number of hydrogen-bond donors (Lipinski definition) is 0. The number of carbonyl (C=O) groups is 1. The lowest BCUT2D eigenvalue weighted by Gasteiger charge is -2.23. The van der Waals surface area contributed by atoms with Gasteiger partial charge in [0.05, 0.1) is 0 Å². The summed E-state index contributed by atoms with van der Waals surface area (Å²) in [5.41, 5.74) is 0. The minimum Gasteiger partial charge on any atom is -0.331 e. The van der Waals surface area contributed by atoms with Crippen LogP contribution in [0.15, 0.2) is 0 Å². The van der Waals surface area contributed by atoms with E-state index < -0.39 is 12.7 Å². The lowest BCUT2D eigenvalue weighted by Crippen LogP contribution is -2.40. The van der Waals surface area contributed by atoms with Gasteiger partial charge in [-0.25, -0.2) is 0 Å². The Bertz CT molecular complexity index is 211. The second-order valence-corrected chi connectivity index (χ2v) is 3.62. The van der Waals surface area contributed by atoms with Crippen LogP contribution in [-0.4, -0.2) is 29.6 Å². The van der Waals surface area contributed by atoms with Crippen molar-refractivity contribution in [3.05, 3.63) is 0 Å². The van der Waals surface area contributed by atoms with Crippen LogP contribution in [0.2, 0.25) is 0 Å². The summed E-state index contributed by atoms with van der Waals surface area (Å²) >= 11 is 0. The Morgan fingerprint density at radius 2 is 2.00 bits per heavy atom. The van der Waals surface area contributed by atoms with Crippen LogP contribution in [0, 0.1) is 0 Å². The van der Waals surface area contributed by atoms with Gasteiger partial charge in [-0.3, -0.25) is 4.79 Å². The third kappa shape index (κ3) is 3.55. The highest BCUT2D eigenvalue weighted by molar-refractivity contribution is 5.76. The molecule has 5 heteroatoms. The van der Waals surface area contributed by atoms with Gasteiger partial charge in [0, 0.05) is 12.5 Å². The highest BCUT2D eigenvalue weighted by Crippen LogP contribution is 2.30. The van der Waals surface area contributed by atoms with Crippen molar-refractivity contribution in [2.24, 2.45) is 0 Å². The molecular formula is C9H14F3NO. The zero-order chi connectivity index (χ0) is 10.8. The zero-order valence-electron chi connectivity index (χ0n) is 8.10. The first-order valence-electron chi connectivity index (χ1n) is 4.80. The van der Waals surface area contributed by atoms with E-state index in [-0.39, 0.29) is 18.4 Å². The molecule has 0 aromatic carbocycles. The third-order valence-corrected chi connectivity index (χ3v) is 2.12. The first-order valence-corrected chi connectivity index (χ1v) is 4.80. The fourth-order valence-electron chi connectivity index (χ4n) is 1.36. The Hall–Kier alpha value is -0.740. The zero-order valence-corrected chi connectivity index (χ0v) is 8.10. The first-order chi connectivity index (χ1) is 6.44. The van der Waals surface area contributed by atoms with E-state index in [0.717, 1.165) is 4.90 Å². The Balaban J connectivity index is 2.51. The monoisotopic (exact) mass is 209 g/mol. The molecule has 0 aliphatic heterocycles. The number of rotatable bonds is 4. The maximum Gasteiger partial charge on any atom is 0.406 e. The molecule has 1 amide bonds. The van der Waals surface area contributed by atoms with E-state index in [4.69, 9.17) is 0 Å². The standard InChI is InChI=1S/C9H14F3NO/c1-2-3-8(14)13(7-4-5-7)6-9(10,11)12/h7H,2-6H2,1H3. The lowest BCUT2D eigenvalue weighted by atomic mass is 10.3. The largest absolute Gasteiger partial charge is 0.406 e. The van der Waals surface area contributed by atoms with Gasteiger partial charge in [-0.05, 0) is 19.3 Å². The molecule has 1 aliphatic carbocycles. The highest BCUT2D eigenvalue weighted by atomic mass is 19.4. The molecule has 1 rings (SSSR count). The number of alkyl halides is 3. The molecule has 0 heterocycles. The minimum atomic E-state index is -4.27. The molecule has 0 bridgehead atoms. The van der Waals surface area contributed by atoms with Crippen LogP contribution >= 0.6 is 0 Å². The van der Waals surface area contributed by atoms with Gasteiger partial charge < -0.3 is 4.90 Å². The maximum absolute atomic E-state index is 12.1. The van der Waals surface area contributed by atoms with Gasteiger partial charge in [0.2, 0.25) is 5.91 Å². The molecule has 0 aromatic rings. The van der Waals surface area contributed by atoms with E-state index in [1.165, 1.54) is 0 Å². The predicted octanol–water partition coefficient (Wildman–Crippen LogP) is 2.34. The molecule has 14 heavy (non-hydrogen) atoms. The molecule has 1 aliphatic rings. The predicted molar refractivity (Wildman–Crippen MR) is 45.7 cm³/mol. The summed E-state index contributed by atoms with van der Waals surface area (Å²) in [5.74, 6) is -0.368. The van der Waals surface area contributed by atoms with E-state index in [2.05, 4.69) is 0 Å². The van der Waals surface area contributed by atoms with Gasteiger partial charge in [0.25, 0.3) is 0 Å². The van der Waals surface area contributed by atoms with Crippen LogP contribution in [0.4, 0.5) is 13.2 Å². The molecule has 0 aromatic heterocycles. The average Bonchev–Trinajstić information content (AvgIpc) is 2.81. The van der Waals surface area contributed by atoms with Gasteiger partial charge in [0.15, 0.2) is 0 Å². The van der Waals surface area contributed by atoms with Crippen molar-refractivity contribution in [1.29, 1.82) is 0 Å². The molecule has 0 atom stereocenters. The molecule has 1 saturated carbocycles. The number of carbonyl (C=O) groups excluding carboxylic acids is 1. The molecule has 0 radical (unpaired) electrons. The molecule has 82 valence electrons. The van der Waals surface area contributed by atoms with Crippen LogP contribution in [0.3, 0.4) is 0 Å². The summed E-state index contributed by atoms with van der Waals surface area (Å²) in [6.45, 7) is 0.701. The number of halogens is 3. The van der Waals surface area contributed by atoms with Gasteiger partial charge in [-0.15, -0.1) is 0 Å². The second-order valence-electron chi connectivity index (χ2n) is 3.62. The van der Waals surface area contributed by atoms with E-state index in [0.29, 0.717) is 19.3 Å². The van der Waals surface area contributed by atoms with E-state index in [1.54, 1.807) is 6.92 Å².